The number of hydrogen-bond donors (Lipinski definition) is 1. The van der Waals surface area contributed by atoms with Gasteiger partial charge >= 0.3 is 0 Å². The van der Waals surface area contributed by atoms with Crippen LogP contribution in [-0.4, -0.2) is 33.0 Å². The molecule has 2 heterocycles. The van der Waals surface area contributed by atoms with E-state index in [0.717, 1.165) is 30.4 Å². The average Bonchev–Trinajstić information content (AvgIpc) is 2.94. The van der Waals surface area contributed by atoms with Gasteiger partial charge in [-0.2, -0.15) is 5.10 Å². The molecule has 0 bridgehead atoms. The van der Waals surface area contributed by atoms with Gasteiger partial charge in [0.05, 0.1) is 30.7 Å². The first-order chi connectivity index (χ1) is 8.72. The summed E-state index contributed by atoms with van der Waals surface area (Å²) in [6.45, 7) is 6.37. The highest BCUT2D eigenvalue weighted by atomic mass is 16.5. The van der Waals surface area contributed by atoms with Crippen LogP contribution in [0.15, 0.2) is 18.6 Å². The highest BCUT2D eigenvalue weighted by molar-refractivity contribution is 5.51. The first kappa shape index (κ1) is 12.6. The molecule has 6 heteroatoms. The quantitative estimate of drug-likeness (QED) is 0.848. The minimum absolute atomic E-state index is 0.657. The van der Waals surface area contributed by atoms with Crippen LogP contribution in [0.1, 0.15) is 12.6 Å². The van der Waals surface area contributed by atoms with Gasteiger partial charge in [-0.3, -0.25) is 4.68 Å². The fraction of sp³-hybridized carbons (Fsp3) is 0.500. The van der Waals surface area contributed by atoms with E-state index in [2.05, 4.69) is 26.9 Å². The number of methoxy groups -OCH3 is 1. The van der Waals surface area contributed by atoms with Crippen molar-refractivity contribution in [2.75, 3.05) is 19.0 Å². The molecule has 2 aromatic rings. The number of nitrogens with zero attached hydrogens (tertiary/aromatic N) is 4. The lowest BCUT2D eigenvalue weighted by molar-refractivity contribution is 0.183. The number of aryl methyl sites for hydroxylation is 2. The highest BCUT2D eigenvalue weighted by Crippen LogP contribution is 2.15. The Balaban J connectivity index is 2.06. The molecule has 0 saturated carbocycles. The van der Waals surface area contributed by atoms with Crippen molar-refractivity contribution in [3.63, 3.8) is 0 Å². The number of rotatable bonds is 6. The van der Waals surface area contributed by atoms with Gasteiger partial charge in [-0.1, -0.05) is 0 Å². The van der Waals surface area contributed by atoms with E-state index in [-0.39, 0.29) is 0 Å². The Labute approximate surface area is 107 Å². The molecule has 1 N–H and O–H groups in total. The first-order valence-corrected chi connectivity index (χ1v) is 6.05. The van der Waals surface area contributed by atoms with Crippen molar-refractivity contribution in [2.24, 2.45) is 0 Å². The monoisotopic (exact) mass is 249 g/mol. The summed E-state index contributed by atoms with van der Waals surface area (Å²) in [5.41, 5.74) is 1.94. The second kappa shape index (κ2) is 5.68. The molecule has 0 fully saturated rings. The van der Waals surface area contributed by atoms with E-state index >= 15 is 0 Å². The topological polar surface area (TPSA) is 56.9 Å². The van der Waals surface area contributed by atoms with Crippen LogP contribution < -0.4 is 5.32 Å². The van der Waals surface area contributed by atoms with Gasteiger partial charge in [-0.25, -0.2) is 4.98 Å². The maximum absolute atomic E-state index is 5.02. The second-order valence-corrected chi connectivity index (χ2v) is 4.10. The smallest absolute Gasteiger partial charge is 0.207 e. The molecule has 0 atom stereocenters. The molecule has 98 valence electrons. The molecular weight excluding hydrogens is 230 g/mol. The van der Waals surface area contributed by atoms with Gasteiger partial charge < -0.3 is 14.6 Å². The standard InChI is InChI=1S/C12H19N5O/c1-4-16-8-10(2)14-12(16)15-11-7-13-17(9-11)5-6-18-3/h7-9H,4-6H2,1-3H3,(H,14,15). The average molecular weight is 249 g/mol. The van der Waals surface area contributed by atoms with E-state index < -0.39 is 0 Å². The summed E-state index contributed by atoms with van der Waals surface area (Å²) in [5, 5.41) is 7.52. The molecule has 0 aliphatic carbocycles. The summed E-state index contributed by atoms with van der Waals surface area (Å²) in [7, 11) is 1.68. The van der Waals surface area contributed by atoms with E-state index in [4.69, 9.17) is 4.74 Å². The van der Waals surface area contributed by atoms with Crippen molar-refractivity contribution in [3.05, 3.63) is 24.3 Å². The molecule has 0 spiro atoms. The number of nitrogens with one attached hydrogen (secondary N) is 1. The van der Waals surface area contributed by atoms with Crippen molar-refractivity contribution >= 4 is 11.6 Å². The molecule has 0 radical (unpaired) electrons. The summed E-state index contributed by atoms with van der Waals surface area (Å²) in [6, 6.07) is 0. The van der Waals surface area contributed by atoms with Gasteiger partial charge in [-0.15, -0.1) is 0 Å². The Kier molecular flexibility index (Phi) is 3.99. The molecule has 0 saturated heterocycles. The lowest BCUT2D eigenvalue weighted by Gasteiger charge is -2.04. The Morgan fingerprint density at radius 1 is 1.39 bits per heavy atom. The van der Waals surface area contributed by atoms with E-state index in [1.807, 2.05) is 24.0 Å². The number of anilines is 2. The predicted molar refractivity (Wildman–Crippen MR) is 70.0 cm³/mol. The summed E-state index contributed by atoms with van der Waals surface area (Å²) >= 11 is 0. The number of hydrogen-bond acceptors (Lipinski definition) is 4. The fourth-order valence-electron chi connectivity index (χ4n) is 1.75. The zero-order valence-corrected chi connectivity index (χ0v) is 11.1. The van der Waals surface area contributed by atoms with Gasteiger partial charge in [0.2, 0.25) is 5.95 Å². The van der Waals surface area contributed by atoms with Crippen molar-refractivity contribution in [1.82, 2.24) is 19.3 Å². The minimum atomic E-state index is 0.657. The SMILES string of the molecule is CCn1cc(C)nc1Nc1cnn(CCOC)c1. The van der Waals surface area contributed by atoms with Crippen LogP contribution in [0.25, 0.3) is 0 Å². The Morgan fingerprint density at radius 2 is 2.22 bits per heavy atom. The van der Waals surface area contributed by atoms with Gasteiger partial charge in [0, 0.05) is 26.0 Å². The Hall–Kier alpha value is -1.82. The Morgan fingerprint density at radius 3 is 2.94 bits per heavy atom. The van der Waals surface area contributed by atoms with E-state index in [9.17, 15) is 0 Å². The Bertz CT molecular complexity index is 502. The first-order valence-electron chi connectivity index (χ1n) is 6.05. The van der Waals surface area contributed by atoms with Crippen LogP contribution >= 0.6 is 0 Å². The van der Waals surface area contributed by atoms with Crippen LogP contribution in [0.5, 0.6) is 0 Å². The summed E-state index contributed by atoms with van der Waals surface area (Å²) in [5.74, 6) is 0.848. The zero-order chi connectivity index (χ0) is 13.0. The fourth-order valence-corrected chi connectivity index (χ4v) is 1.75. The van der Waals surface area contributed by atoms with Crippen molar-refractivity contribution in [1.29, 1.82) is 0 Å². The van der Waals surface area contributed by atoms with Crippen LogP contribution in [0.4, 0.5) is 11.6 Å². The molecule has 0 aromatic carbocycles. The summed E-state index contributed by atoms with van der Waals surface area (Å²) in [4.78, 5) is 4.44. The number of aromatic nitrogens is 4. The summed E-state index contributed by atoms with van der Waals surface area (Å²) < 4.78 is 8.93. The van der Waals surface area contributed by atoms with Crippen LogP contribution in [0, 0.1) is 6.92 Å². The number of ether oxygens (including phenoxy) is 1. The molecular formula is C12H19N5O. The lowest BCUT2D eigenvalue weighted by atomic mass is 10.5. The van der Waals surface area contributed by atoms with Gasteiger partial charge in [-0.05, 0) is 13.8 Å². The van der Waals surface area contributed by atoms with E-state index in [1.54, 1.807) is 13.3 Å². The zero-order valence-electron chi connectivity index (χ0n) is 11.1. The van der Waals surface area contributed by atoms with Crippen LogP contribution in [-0.2, 0) is 17.8 Å². The lowest BCUT2D eigenvalue weighted by Crippen LogP contribution is -2.04. The minimum Gasteiger partial charge on any atom is -0.383 e. The third kappa shape index (κ3) is 2.89. The third-order valence-corrected chi connectivity index (χ3v) is 2.65. The highest BCUT2D eigenvalue weighted by Gasteiger charge is 2.05. The summed E-state index contributed by atoms with van der Waals surface area (Å²) in [6.07, 6.45) is 5.76. The van der Waals surface area contributed by atoms with Crippen molar-refractivity contribution in [3.8, 4) is 0 Å². The molecule has 18 heavy (non-hydrogen) atoms. The van der Waals surface area contributed by atoms with Crippen LogP contribution in [0.2, 0.25) is 0 Å². The predicted octanol–water partition coefficient (Wildman–Crippen LogP) is 1.80. The molecule has 0 unspecified atom stereocenters. The second-order valence-electron chi connectivity index (χ2n) is 4.10. The number of imidazole rings is 1. The van der Waals surface area contributed by atoms with Crippen LogP contribution in [0.3, 0.4) is 0 Å². The van der Waals surface area contributed by atoms with Gasteiger partial charge in [0.25, 0.3) is 0 Å². The molecule has 6 nitrogen and oxygen atoms in total. The maximum Gasteiger partial charge on any atom is 0.207 e. The van der Waals surface area contributed by atoms with E-state index in [1.165, 1.54) is 0 Å². The largest absolute Gasteiger partial charge is 0.383 e. The molecule has 0 amide bonds. The van der Waals surface area contributed by atoms with Crippen molar-refractivity contribution < 1.29 is 4.74 Å². The molecule has 2 aromatic heterocycles. The maximum atomic E-state index is 5.02. The molecule has 0 aliphatic heterocycles. The third-order valence-electron chi connectivity index (χ3n) is 2.65. The molecule has 2 rings (SSSR count). The van der Waals surface area contributed by atoms with Crippen molar-refractivity contribution in [2.45, 2.75) is 26.9 Å². The molecule has 0 aliphatic rings. The van der Waals surface area contributed by atoms with Gasteiger partial charge in [0.15, 0.2) is 0 Å². The van der Waals surface area contributed by atoms with Gasteiger partial charge in [0.1, 0.15) is 0 Å². The normalized spacial score (nSPS) is 10.8. The van der Waals surface area contributed by atoms with E-state index in [0.29, 0.717) is 6.61 Å².